The van der Waals surface area contributed by atoms with Gasteiger partial charge in [0.2, 0.25) is 0 Å². The third kappa shape index (κ3) is 2.18. The van der Waals surface area contributed by atoms with Crippen LogP contribution in [-0.4, -0.2) is 19.9 Å². The van der Waals surface area contributed by atoms with Crippen LogP contribution in [0.5, 0.6) is 5.75 Å². The molecule has 1 aromatic carbocycles. The number of ether oxygens (including phenoxy) is 1. The van der Waals surface area contributed by atoms with Crippen molar-refractivity contribution in [3.8, 4) is 5.75 Å². The first-order valence-electron chi connectivity index (χ1n) is 5.48. The van der Waals surface area contributed by atoms with Gasteiger partial charge in [-0.2, -0.15) is 0 Å². The van der Waals surface area contributed by atoms with Crippen LogP contribution in [0.1, 0.15) is 24.8 Å². The SMILES string of the molecule is CO/N=C(/C)[C@@H]1C[C@H]1c1ccc(OC)cc1. The minimum Gasteiger partial charge on any atom is -0.497 e. The molecule has 3 nitrogen and oxygen atoms in total. The number of hydrogen-bond donors (Lipinski definition) is 0. The molecule has 0 amide bonds. The summed E-state index contributed by atoms with van der Waals surface area (Å²) in [5.74, 6) is 2.06. The molecule has 86 valence electrons. The Bertz CT molecular complexity index is 383. The fourth-order valence-electron chi connectivity index (χ4n) is 2.09. The fraction of sp³-hybridized carbons (Fsp3) is 0.462. The smallest absolute Gasteiger partial charge is 0.118 e. The van der Waals surface area contributed by atoms with Crippen molar-refractivity contribution in [1.29, 1.82) is 0 Å². The average Bonchev–Trinajstić information content (AvgIpc) is 3.09. The second-order valence-electron chi connectivity index (χ2n) is 4.14. The van der Waals surface area contributed by atoms with Gasteiger partial charge in [-0.3, -0.25) is 0 Å². The molecule has 1 saturated carbocycles. The van der Waals surface area contributed by atoms with Crippen molar-refractivity contribution in [3.63, 3.8) is 0 Å². The van der Waals surface area contributed by atoms with Crippen molar-refractivity contribution in [2.45, 2.75) is 19.3 Å². The van der Waals surface area contributed by atoms with Crippen molar-refractivity contribution in [2.24, 2.45) is 11.1 Å². The van der Waals surface area contributed by atoms with Gasteiger partial charge < -0.3 is 9.57 Å². The number of hydrogen-bond acceptors (Lipinski definition) is 3. The van der Waals surface area contributed by atoms with Gasteiger partial charge in [0.1, 0.15) is 12.9 Å². The molecular weight excluding hydrogens is 202 g/mol. The van der Waals surface area contributed by atoms with Crippen molar-refractivity contribution in [2.75, 3.05) is 14.2 Å². The standard InChI is InChI=1S/C13H17NO2/c1-9(14-16-3)12-8-13(12)10-4-6-11(15-2)7-5-10/h4-7,12-13H,8H2,1-3H3/b14-9-/t12-,13-/m0/s1. The van der Waals surface area contributed by atoms with E-state index in [0.717, 1.165) is 11.5 Å². The molecule has 0 radical (unpaired) electrons. The molecule has 2 rings (SSSR count). The van der Waals surface area contributed by atoms with E-state index in [-0.39, 0.29) is 0 Å². The van der Waals surface area contributed by atoms with E-state index in [9.17, 15) is 0 Å². The number of benzene rings is 1. The lowest BCUT2D eigenvalue weighted by atomic mass is 10.1. The van der Waals surface area contributed by atoms with Gasteiger partial charge in [0.05, 0.1) is 12.8 Å². The van der Waals surface area contributed by atoms with E-state index in [1.54, 1.807) is 14.2 Å². The second kappa shape index (κ2) is 4.56. The maximum Gasteiger partial charge on any atom is 0.118 e. The second-order valence-corrected chi connectivity index (χ2v) is 4.14. The largest absolute Gasteiger partial charge is 0.497 e. The van der Waals surface area contributed by atoms with E-state index in [4.69, 9.17) is 9.57 Å². The van der Waals surface area contributed by atoms with E-state index in [2.05, 4.69) is 17.3 Å². The molecule has 2 atom stereocenters. The summed E-state index contributed by atoms with van der Waals surface area (Å²) in [5.41, 5.74) is 2.44. The van der Waals surface area contributed by atoms with E-state index in [1.165, 1.54) is 12.0 Å². The highest BCUT2D eigenvalue weighted by atomic mass is 16.6. The Morgan fingerprint density at radius 1 is 1.25 bits per heavy atom. The zero-order valence-electron chi connectivity index (χ0n) is 9.93. The summed E-state index contributed by atoms with van der Waals surface area (Å²) in [5, 5.41) is 3.99. The highest BCUT2D eigenvalue weighted by Crippen LogP contribution is 2.48. The topological polar surface area (TPSA) is 30.8 Å². The summed E-state index contributed by atoms with van der Waals surface area (Å²) in [6.45, 7) is 2.03. The van der Waals surface area contributed by atoms with E-state index < -0.39 is 0 Å². The third-order valence-electron chi connectivity index (χ3n) is 3.11. The maximum atomic E-state index is 5.14. The molecule has 1 aromatic rings. The lowest BCUT2D eigenvalue weighted by molar-refractivity contribution is 0.212. The van der Waals surface area contributed by atoms with Crippen LogP contribution in [0.25, 0.3) is 0 Å². The number of nitrogens with zero attached hydrogens (tertiary/aromatic N) is 1. The minimum atomic E-state index is 0.549. The lowest BCUT2D eigenvalue weighted by Crippen LogP contribution is -1.97. The molecule has 0 aliphatic heterocycles. The van der Waals surface area contributed by atoms with Crippen LogP contribution in [0, 0.1) is 5.92 Å². The molecule has 3 heteroatoms. The van der Waals surface area contributed by atoms with Gasteiger partial charge in [-0.05, 0) is 37.0 Å². The Balaban J connectivity index is 2.03. The normalized spacial score (nSPS) is 24.1. The van der Waals surface area contributed by atoms with Crippen LogP contribution in [0.2, 0.25) is 0 Å². The molecular formula is C13H17NO2. The van der Waals surface area contributed by atoms with Gasteiger partial charge in [0.15, 0.2) is 0 Å². The lowest BCUT2D eigenvalue weighted by Gasteiger charge is -2.02. The summed E-state index contributed by atoms with van der Waals surface area (Å²) in [4.78, 5) is 4.79. The van der Waals surface area contributed by atoms with E-state index in [0.29, 0.717) is 11.8 Å². The molecule has 1 aliphatic rings. The average molecular weight is 219 g/mol. The van der Waals surface area contributed by atoms with Crippen molar-refractivity contribution in [3.05, 3.63) is 29.8 Å². The van der Waals surface area contributed by atoms with Crippen LogP contribution in [0.4, 0.5) is 0 Å². The summed E-state index contributed by atoms with van der Waals surface area (Å²) in [6.07, 6.45) is 1.17. The molecule has 0 unspecified atom stereocenters. The first-order chi connectivity index (χ1) is 7.76. The van der Waals surface area contributed by atoms with Crippen molar-refractivity contribution in [1.82, 2.24) is 0 Å². The Morgan fingerprint density at radius 2 is 1.94 bits per heavy atom. The van der Waals surface area contributed by atoms with Gasteiger partial charge in [-0.25, -0.2) is 0 Å². The molecule has 0 spiro atoms. The van der Waals surface area contributed by atoms with Gasteiger partial charge in [-0.15, -0.1) is 0 Å². The minimum absolute atomic E-state index is 0.549. The maximum absolute atomic E-state index is 5.14. The first-order valence-corrected chi connectivity index (χ1v) is 5.48. The first kappa shape index (κ1) is 11.0. The third-order valence-corrected chi connectivity index (χ3v) is 3.11. The zero-order chi connectivity index (χ0) is 11.5. The molecule has 16 heavy (non-hydrogen) atoms. The Labute approximate surface area is 96.1 Å². The van der Waals surface area contributed by atoms with E-state index >= 15 is 0 Å². The van der Waals surface area contributed by atoms with Gasteiger partial charge in [0, 0.05) is 5.92 Å². The molecule has 0 bridgehead atoms. The Kier molecular flexibility index (Phi) is 3.13. The predicted molar refractivity (Wildman–Crippen MR) is 64.0 cm³/mol. The number of rotatable bonds is 4. The zero-order valence-corrected chi connectivity index (χ0v) is 9.93. The van der Waals surface area contributed by atoms with Gasteiger partial charge in [0.25, 0.3) is 0 Å². The molecule has 1 aliphatic carbocycles. The summed E-state index contributed by atoms with van der Waals surface area (Å²) < 4.78 is 5.14. The highest BCUT2D eigenvalue weighted by molar-refractivity contribution is 5.87. The Hall–Kier alpha value is -1.51. The van der Waals surface area contributed by atoms with Gasteiger partial charge >= 0.3 is 0 Å². The van der Waals surface area contributed by atoms with Gasteiger partial charge in [-0.1, -0.05) is 17.3 Å². The molecule has 0 heterocycles. The summed E-state index contributed by atoms with van der Waals surface area (Å²) in [7, 11) is 3.28. The predicted octanol–water partition coefficient (Wildman–Crippen LogP) is 2.82. The summed E-state index contributed by atoms with van der Waals surface area (Å²) >= 11 is 0. The molecule has 0 aromatic heterocycles. The summed E-state index contributed by atoms with van der Waals surface area (Å²) in [6, 6.07) is 8.27. The van der Waals surface area contributed by atoms with Crippen LogP contribution >= 0.6 is 0 Å². The number of methoxy groups -OCH3 is 1. The van der Waals surface area contributed by atoms with Crippen LogP contribution in [-0.2, 0) is 4.84 Å². The van der Waals surface area contributed by atoms with Crippen molar-refractivity contribution >= 4 is 5.71 Å². The van der Waals surface area contributed by atoms with Crippen LogP contribution < -0.4 is 4.74 Å². The van der Waals surface area contributed by atoms with Crippen LogP contribution in [0.3, 0.4) is 0 Å². The molecule has 1 fully saturated rings. The quantitative estimate of drug-likeness (QED) is 0.576. The monoisotopic (exact) mass is 219 g/mol. The number of oxime groups is 1. The fourth-order valence-corrected chi connectivity index (χ4v) is 2.09. The van der Waals surface area contributed by atoms with E-state index in [1.807, 2.05) is 19.1 Å². The molecule has 0 saturated heterocycles. The van der Waals surface area contributed by atoms with Crippen molar-refractivity contribution < 1.29 is 9.57 Å². The molecule has 0 N–H and O–H groups in total. The highest BCUT2D eigenvalue weighted by Gasteiger charge is 2.40. The Morgan fingerprint density at radius 3 is 2.50 bits per heavy atom. The van der Waals surface area contributed by atoms with Crippen LogP contribution in [0.15, 0.2) is 29.4 Å².